The molecule has 0 atom stereocenters. The highest BCUT2D eigenvalue weighted by Gasteiger charge is 2.10. The fraction of sp³-hybridized carbons (Fsp3) is 0.259. The van der Waals surface area contributed by atoms with Crippen molar-refractivity contribution in [3.8, 4) is 0 Å². The van der Waals surface area contributed by atoms with E-state index in [4.69, 9.17) is 0 Å². The molecule has 1 aliphatic rings. The van der Waals surface area contributed by atoms with Crippen molar-refractivity contribution in [3.63, 3.8) is 0 Å². The van der Waals surface area contributed by atoms with Gasteiger partial charge in [0.1, 0.15) is 0 Å². The fourth-order valence-electron chi connectivity index (χ4n) is 3.81. The van der Waals surface area contributed by atoms with Crippen molar-refractivity contribution in [1.82, 2.24) is 0 Å². The van der Waals surface area contributed by atoms with Crippen LogP contribution in [0.3, 0.4) is 0 Å². The lowest BCUT2D eigenvalue weighted by molar-refractivity contribution is 0.913. The molecule has 0 heterocycles. The summed E-state index contributed by atoms with van der Waals surface area (Å²) >= 11 is 0. The van der Waals surface area contributed by atoms with Gasteiger partial charge in [0.25, 0.3) is 0 Å². The lowest BCUT2D eigenvalue weighted by atomic mass is 9.90. The Hall–Kier alpha value is -2.60. The third-order valence-corrected chi connectivity index (χ3v) is 5.31. The predicted molar refractivity (Wildman–Crippen MR) is 124 cm³/mol. The Kier molecular flexibility index (Phi) is 6.80. The molecule has 0 fully saturated rings. The standard InChI is InChI=1S/C26H28.CH4/c1-6-10-23-20(5)26(17-19(4)21-15-13-18(3)14-16-21)25-12-9-8-11-24(25)22(23)7-2;/h7-9,11-13,15,17H,2,4-6,10,14,16H2,1,3H3;1H4/b26-17+;. The van der Waals surface area contributed by atoms with Gasteiger partial charge < -0.3 is 0 Å². The maximum Gasteiger partial charge on any atom is -0.00992 e. The minimum absolute atomic E-state index is 0. The van der Waals surface area contributed by atoms with Crippen LogP contribution >= 0.6 is 0 Å². The van der Waals surface area contributed by atoms with Crippen LogP contribution in [-0.2, 0) is 6.42 Å². The average Bonchev–Trinajstić information content (AvgIpc) is 2.66. The van der Waals surface area contributed by atoms with Gasteiger partial charge in [0, 0.05) is 0 Å². The van der Waals surface area contributed by atoms with Crippen LogP contribution in [0, 0.1) is 0 Å². The van der Waals surface area contributed by atoms with Crippen molar-refractivity contribution in [2.75, 3.05) is 0 Å². The molecule has 0 saturated carbocycles. The van der Waals surface area contributed by atoms with E-state index in [1.807, 2.05) is 6.08 Å². The molecule has 3 rings (SSSR count). The summed E-state index contributed by atoms with van der Waals surface area (Å²) in [5.41, 5.74) is 6.39. The molecule has 0 radical (unpaired) electrons. The molecule has 0 N–H and O–H groups in total. The number of fused-ring (bicyclic) bond motifs is 1. The van der Waals surface area contributed by atoms with Crippen LogP contribution < -0.4 is 10.4 Å². The number of hydrogen-bond donors (Lipinski definition) is 0. The molecule has 1 aliphatic carbocycles. The van der Waals surface area contributed by atoms with Crippen molar-refractivity contribution in [1.29, 1.82) is 0 Å². The topological polar surface area (TPSA) is 0 Å². The van der Waals surface area contributed by atoms with Crippen molar-refractivity contribution >= 4 is 29.5 Å². The Morgan fingerprint density at radius 2 is 1.81 bits per heavy atom. The second kappa shape index (κ2) is 8.86. The number of allylic oxidation sites excluding steroid dienone is 5. The minimum atomic E-state index is 0. The Balaban J connectivity index is 0.00000261. The van der Waals surface area contributed by atoms with Gasteiger partial charge in [0.15, 0.2) is 0 Å². The maximum atomic E-state index is 4.46. The summed E-state index contributed by atoms with van der Waals surface area (Å²) in [6.45, 7) is 17.3. The molecule has 0 unspecified atom stereocenters. The molecular formula is C27H32. The Morgan fingerprint density at radius 1 is 1.11 bits per heavy atom. The zero-order chi connectivity index (χ0) is 18.7. The molecule has 0 saturated heterocycles. The smallest absolute Gasteiger partial charge is 0.00992 e. The second-order valence-electron chi connectivity index (χ2n) is 7.16. The van der Waals surface area contributed by atoms with Crippen molar-refractivity contribution < 1.29 is 0 Å². The third kappa shape index (κ3) is 4.06. The van der Waals surface area contributed by atoms with E-state index in [1.165, 1.54) is 38.3 Å². The van der Waals surface area contributed by atoms with Gasteiger partial charge >= 0.3 is 0 Å². The summed E-state index contributed by atoms with van der Waals surface area (Å²) in [6, 6.07) is 8.58. The van der Waals surface area contributed by atoms with Crippen LogP contribution in [-0.4, -0.2) is 0 Å². The largest absolute Gasteiger partial charge is 0.0984 e. The molecule has 0 aliphatic heterocycles. The first kappa shape index (κ1) is 20.7. The average molecular weight is 357 g/mol. The van der Waals surface area contributed by atoms with Gasteiger partial charge in [-0.25, -0.2) is 0 Å². The highest BCUT2D eigenvalue weighted by atomic mass is 14.1. The van der Waals surface area contributed by atoms with Crippen LogP contribution in [0.1, 0.15) is 51.7 Å². The Labute approximate surface area is 164 Å². The molecule has 0 amide bonds. The van der Waals surface area contributed by atoms with Gasteiger partial charge in [0.05, 0.1) is 0 Å². The lowest BCUT2D eigenvalue weighted by Crippen LogP contribution is -2.30. The molecular weight excluding hydrogens is 324 g/mol. The van der Waals surface area contributed by atoms with E-state index >= 15 is 0 Å². The van der Waals surface area contributed by atoms with E-state index in [0.29, 0.717) is 0 Å². The molecule has 0 nitrogen and oxygen atoms in total. The minimum Gasteiger partial charge on any atom is -0.0984 e. The van der Waals surface area contributed by atoms with Gasteiger partial charge in [-0.2, -0.15) is 0 Å². The van der Waals surface area contributed by atoms with Gasteiger partial charge in [-0.3, -0.25) is 0 Å². The summed E-state index contributed by atoms with van der Waals surface area (Å²) < 4.78 is 0. The fourth-order valence-corrected chi connectivity index (χ4v) is 3.81. The number of benzene rings is 2. The van der Waals surface area contributed by atoms with Crippen LogP contribution in [0.15, 0.2) is 66.3 Å². The van der Waals surface area contributed by atoms with Crippen LogP contribution in [0.2, 0.25) is 0 Å². The van der Waals surface area contributed by atoms with Gasteiger partial charge in [0.2, 0.25) is 0 Å². The van der Waals surface area contributed by atoms with E-state index in [9.17, 15) is 0 Å². The number of hydrogen-bond acceptors (Lipinski definition) is 0. The first-order chi connectivity index (χ1) is 12.6. The summed E-state index contributed by atoms with van der Waals surface area (Å²) in [6.07, 6.45) is 12.9. The summed E-state index contributed by atoms with van der Waals surface area (Å²) in [7, 11) is 0. The van der Waals surface area contributed by atoms with E-state index in [1.54, 1.807) is 0 Å². The van der Waals surface area contributed by atoms with E-state index in [-0.39, 0.29) is 7.43 Å². The van der Waals surface area contributed by atoms with Crippen molar-refractivity contribution in [2.24, 2.45) is 0 Å². The van der Waals surface area contributed by atoms with Crippen LogP contribution in [0.4, 0.5) is 0 Å². The molecule has 2 aromatic rings. The summed E-state index contributed by atoms with van der Waals surface area (Å²) in [5.74, 6) is 0. The van der Waals surface area contributed by atoms with E-state index < -0.39 is 0 Å². The van der Waals surface area contributed by atoms with Crippen LogP contribution in [0.5, 0.6) is 0 Å². The van der Waals surface area contributed by atoms with Crippen LogP contribution in [0.25, 0.3) is 29.5 Å². The van der Waals surface area contributed by atoms with Gasteiger partial charge in [-0.1, -0.05) is 88.6 Å². The normalized spacial score (nSPS) is 14.4. The van der Waals surface area contributed by atoms with Crippen molar-refractivity contribution in [3.05, 3.63) is 87.9 Å². The van der Waals surface area contributed by atoms with Gasteiger partial charge in [-0.05, 0) is 75.7 Å². The van der Waals surface area contributed by atoms with E-state index in [0.717, 1.165) is 36.5 Å². The highest BCUT2D eigenvalue weighted by Crippen LogP contribution is 2.24. The SMILES string of the molecule is C.C=Cc1c(CCC)c(=C)/c(=C\C(=C)C2=CC=C(C)CC2)c2ccccc12. The van der Waals surface area contributed by atoms with Gasteiger partial charge in [-0.15, -0.1) is 0 Å². The van der Waals surface area contributed by atoms with Crippen molar-refractivity contribution in [2.45, 2.75) is 47.0 Å². The lowest BCUT2D eigenvalue weighted by Gasteiger charge is -2.14. The predicted octanol–water partition coefficient (Wildman–Crippen LogP) is 6.48. The molecule has 27 heavy (non-hydrogen) atoms. The molecule has 0 bridgehead atoms. The number of rotatable bonds is 5. The Bertz CT molecular complexity index is 1040. The third-order valence-electron chi connectivity index (χ3n) is 5.31. The second-order valence-corrected chi connectivity index (χ2v) is 7.16. The first-order valence-corrected chi connectivity index (χ1v) is 9.49. The van der Waals surface area contributed by atoms with E-state index in [2.05, 4.69) is 76.1 Å². The molecule has 0 spiro atoms. The Morgan fingerprint density at radius 3 is 2.41 bits per heavy atom. The molecule has 0 heteroatoms. The zero-order valence-electron chi connectivity index (χ0n) is 16.1. The first-order valence-electron chi connectivity index (χ1n) is 9.49. The summed E-state index contributed by atoms with van der Waals surface area (Å²) in [4.78, 5) is 0. The molecule has 2 aromatic carbocycles. The summed E-state index contributed by atoms with van der Waals surface area (Å²) in [5, 5.41) is 4.80. The zero-order valence-corrected chi connectivity index (χ0v) is 16.1. The monoisotopic (exact) mass is 356 g/mol. The molecule has 140 valence electrons. The quantitative estimate of drug-likeness (QED) is 0.575. The highest BCUT2D eigenvalue weighted by molar-refractivity contribution is 5.93. The maximum absolute atomic E-state index is 4.46. The molecule has 0 aromatic heterocycles.